The Hall–Kier alpha value is -2.04. The van der Waals surface area contributed by atoms with Crippen LogP contribution in [0.5, 0.6) is 0 Å². The molecular formula is C15H22N2O3. The third kappa shape index (κ3) is 4.91. The molecule has 5 nitrogen and oxygen atoms in total. The van der Waals surface area contributed by atoms with Crippen molar-refractivity contribution in [2.45, 2.75) is 33.1 Å². The van der Waals surface area contributed by atoms with Crippen molar-refractivity contribution in [2.24, 2.45) is 0 Å². The topological polar surface area (TPSA) is 69.6 Å². The van der Waals surface area contributed by atoms with Crippen LogP contribution >= 0.6 is 0 Å². The fraction of sp³-hybridized carbons (Fsp3) is 0.467. The molecule has 5 heteroatoms. The molecule has 0 fully saturated rings. The summed E-state index contributed by atoms with van der Waals surface area (Å²) in [4.78, 5) is 24.2. The molecule has 110 valence electrons. The summed E-state index contributed by atoms with van der Waals surface area (Å²) in [5.74, 6) is -1.00. The largest absolute Gasteiger partial charge is 0.480 e. The molecule has 0 saturated heterocycles. The first-order chi connectivity index (χ1) is 9.58. The van der Waals surface area contributed by atoms with Crippen LogP contribution in [0, 0.1) is 0 Å². The molecule has 0 spiro atoms. The van der Waals surface area contributed by atoms with Crippen LogP contribution in [0.15, 0.2) is 24.3 Å². The minimum Gasteiger partial charge on any atom is -0.480 e. The Morgan fingerprint density at radius 3 is 2.50 bits per heavy atom. The van der Waals surface area contributed by atoms with E-state index >= 15 is 0 Å². The van der Waals surface area contributed by atoms with Gasteiger partial charge in [0.05, 0.1) is 0 Å². The molecule has 1 aromatic rings. The van der Waals surface area contributed by atoms with Crippen molar-refractivity contribution >= 4 is 17.7 Å². The molecule has 20 heavy (non-hydrogen) atoms. The summed E-state index contributed by atoms with van der Waals surface area (Å²) < 4.78 is 0. The highest BCUT2D eigenvalue weighted by Gasteiger charge is 2.16. The number of nitrogens with zero attached hydrogens (tertiary/aromatic N) is 1. The number of nitrogens with one attached hydrogen (secondary N) is 1. The number of urea groups is 1. The lowest BCUT2D eigenvalue weighted by molar-refractivity contribution is -0.137. The van der Waals surface area contributed by atoms with Crippen LogP contribution in [0.1, 0.15) is 32.3 Å². The normalized spacial score (nSPS) is 10.1. The Morgan fingerprint density at radius 1 is 1.20 bits per heavy atom. The number of para-hydroxylation sites is 1. The van der Waals surface area contributed by atoms with Crippen molar-refractivity contribution < 1.29 is 14.7 Å². The van der Waals surface area contributed by atoms with Crippen LogP contribution < -0.4 is 5.32 Å². The summed E-state index contributed by atoms with van der Waals surface area (Å²) in [6.45, 7) is 4.13. The number of hydrogen-bond acceptors (Lipinski definition) is 2. The van der Waals surface area contributed by atoms with Crippen molar-refractivity contribution in [3.05, 3.63) is 29.8 Å². The van der Waals surface area contributed by atoms with Gasteiger partial charge in [-0.1, -0.05) is 38.5 Å². The predicted molar refractivity (Wildman–Crippen MR) is 79.0 cm³/mol. The highest BCUT2D eigenvalue weighted by Crippen LogP contribution is 2.17. The van der Waals surface area contributed by atoms with Gasteiger partial charge in [-0.3, -0.25) is 4.79 Å². The van der Waals surface area contributed by atoms with Gasteiger partial charge in [0.15, 0.2) is 0 Å². The van der Waals surface area contributed by atoms with E-state index < -0.39 is 5.97 Å². The lowest BCUT2D eigenvalue weighted by atomic mass is 10.1. The second-order valence-electron chi connectivity index (χ2n) is 4.65. The molecule has 2 N–H and O–H groups in total. The first-order valence-corrected chi connectivity index (χ1v) is 6.94. The van der Waals surface area contributed by atoms with E-state index in [-0.39, 0.29) is 12.6 Å². The molecule has 1 aromatic carbocycles. The Kier molecular flexibility index (Phi) is 6.56. The van der Waals surface area contributed by atoms with Gasteiger partial charge >= 0.3 is 12.0 Å². The molecule has 0 radical (unpaired) electrons. The van der Waals surface area contributed by atoms with E-state index in [1.807, 2.05) is 31.2 Å². The summed E-state index contributed by atoms with van der Waals surface area (Å²) in [5, 5.41) is 11.7. The van der Waals surface area contributed by atoms with Crippen LogP contribution in [0.4, 0.5) is 10.5 Å². The zero-order valence-electron chi connectivity index (χ0n) is 12.1. The van der Waals surface area contributed by atoms with Gasteiger partial charge in [-0.05, 0) is 24.5 Å². The number of amides is 2. The van der Waals surface area contributed by atoms with Gasteiger partial charge < -0.3 is 15.3 Å². The van der Waals surface area contributed by atoms with Gasteiger partial charge in [0.2, 0.25) is 0 Å². The van der Waals surface area contributed by atoms with E-state index in [4.69, 9.17) is 5.11 Å². The third-order valence-corrected chi connectivity index (χ3v) is 2.89. The fourth-order valence-corrected chi connectivity index (χ4v) is 2.01. The second kappa shape index (κ2) is 8.19. The second-order valence-corrected chi connectivity index (χ2v) is 4.65. The Labute approximate surface area is 119 Å². The molecule has 0 aliphatic heterocycles. The molecule has 0 aliphatic rings. The summed E-state index contributed by atoms with van der Waals surface area (Å²) in [6.07, 6.45) is 2.58. The number of rotatable bonds is 7. The molecule has 0 bridgehead atoms. The molecule has 2 amide bonds. The maximum absolute atomic E-state index is 12.1. The molecule has 0 saturated carbocycles. The van der Waals surface area contributed by atoms with Crippen molar-refractivity contribution in [2.75, 3.05) is 18.4 Å². The molecule has 1 rings (SSSR count). The monoisotopic (exact) mass is 278 g/mol. The number of hydrogen-bond donors (Lipinski definition) is 2. The SMILES string of the molecule is CCCc1ccccc1NC(=O)N(CCC)CC(=O)O. The number of carboxylic acid groups (broad SMARTS) is 1. The van der Waals surface area contributed by atoms with Crippen LogP contribution in [0.25, 0.3) is 0 Å². The van der Waals surface area contributed by atoms with E-state index in [2.05, 4.69) is 12.2 Å². The number of aliphatic carboxylic acids is 1. The van der Waals surface area contributed by atoms with Crippen molar-refractivity contribution in [3.8, 4) is 0 Å². The highest BCUT2D eigenvalue weighted by molar-refractivity contribution is 5.92. The smallest absolute Gasteiger partial charge is 0.323 e. The molecular weight excluding hydrogens is 256 g/mol. The number of carbonyl (C=O) groups excluding carboxylic acids is 1. The lowest BCUT2D eigenvalue weighted by Crippen LogP contribution is -2.39. The number of carbonyl (C=O) groups is 2. The molecule has 0 aromatic heterocycles. The minimum atomic E-state index is -1.00. The summed E-state index contributed by atoms with van der Waals surface area (Å²) in [6, 6.07) is 7.24. The fourth-order valence-electron chi connectivity index (χ4n) is 2.01. The third-order valence-electron chi connectivity index (χ3n) is 2.89. The van der Waals surface area contributed by atoms with Gasteiger partial charge in [0.25, 0.3) is 0 Å². The van der Waals surface area contributed by atoms with Crippen molar-refractivity contribution in [1.29, 1.82) is 0 Å². The van der Waals surface area contributed by atoms with E-state index in [1.54, 1.807) is 0 Å². The first kappa shape index (κ1) is 16.0. The van der Waals surface area contributed by atoms with E-state index in [0.717, 1.165) is 30.5 Å². The Balaban J connectivity index is 2.79. The van der Waals surface area contributed by atoms with Crippen LogP contribution in [0.3, 0.4) is 0 Å². The number of anilines is 1. The standard InChI is InChI=1S/C15H22N2O3/c1-3-7-12-8-5-6-9-13(12)16-15(20)17(10-4-2)11-14(18)19/h5-6,8-9H,3-4,7,10-11H2,1-2H3,(H,16,20)(H,18,19). The maximum Gasteiger partial charge on any atom is 0.323 e. The molecule has 0 heterocycles. The van der Waals surface area contributed by atoms with Crippen molar-refractivity contribution in [3.63, 3.8) is 0 Å². The average molecular weight is 278 g/mol. The maximum atomic E-state index is 12.1. The zero-order chi connectivity index (χ0) is 15.0. The van der Waals surface area contributed by atoms with E-state index in [9.17, 15) is 9.59 Å². The van der Waals surface area contributed by atoms with E-state index in [0.29, 0.717) is 6.54 Å². The van der Waals surface area contributed by atoms with Crippen LogP contribution in [0.2, 0.25) is 0 Å². The highest BCUT2D eigenvalue weighted by atomic mass is 16.4. The number of carboxylic acids is 1. The van der Waals surface area contributed by atoms with Crippen molar-refractivity contribution in [1.82, 2.24) is 4.90 Å². The van der Waals surface area contributed by atoms with Crippen LogP contribution in [-0.4, -0.2) is 35.1 Å². The van der Waals surface area contributed by atoms with Gasteiger partial charge in [-0.25, -0.2) is 4.79 Å². The quantitative estimate of drug-likeness (QED) is 0.805. The zero-order valence-corrected chi connectivity index (χ0v) is 12.1. The average Bonchev–Trinajstić information content (AvgIpc) is 2.40. The first-order valence-electron chi connectivity index (χ1n) is 6.94. The summed E-state index contributed by atoms with van der Waals surface area (Å²) in [7, 11) is 0. The van der Waals surface area contributed by atoms with Gasteiger partial charge in [-0.15, -0.1) is 0 Å². The predicted octanol–water partition coefficient (Wildman–Crippen LogP) is 2.97. The van der Waals surface area contributed by atoms with E-state index in [1.165, 1.54) is 4.90 Å². The summed E-state index contributed by atoms with van der Waals surface area (Å²) in [5.41, 5.74) is 1.82. The van der Waals surface area contributed by atoms with Gasteiger partial charge in [-0.2, -0.15) is 0 Å². The molecule has 0 unspecified atom stereocenters. The summed E-state index contributed by atoms with van der Waals surface area (Å²) >= 11 is 0. The van der Waals surface area contributed by atoms with Crippen LogP contribution in [-0.2, 0) is 11.2 Å². The van der Waals surface area contributed by atoms with Gasteiger partial charge in [0.1, 0.15) is 6.54 Å². The Bertz CT molecular complexity index is 460. The number of aryl methyl sites for hydroxylation is 1. The lowest BCUT2D eigenvalue weighted by Gasteiger charge is -2.21. The number of benzene rings is 1. The van der Waals surface area contributed by atoms with Gasteiger partial charge in [0, 0.05) is 12.2 Å². The minimum absolute atomic E-state index is 0.282. The molecule has 0 aliphatic carbocycles. The Morgan fingerprint density at radius 2 is 1.90 bits per heavy atom. The molecule has 0 atom stereocenters.